The first kappa shape index (κ1) is 20.4. The quantitative estimate of drug-likeness (QED) is 0.572. The molecule has 6 nitrogen and oxygen atoms in total. The molecule has 1 amide bonds. The molecule has 0 atom stereocenters. The van der Waals surface area contributed by atoms with Crippen LogP contribution in [0.4, 0.5) is 4.39 Å². The Kier molecular flexibility index (Phi) is 6.09. The minimum absolute atomic E-state index is 0.0406. The normalized spacial score (nSPS) is 11.4. The Bertz CT molecular complexity index is 1120. The molecule has 0 saturated heterocycles. The van der Waals surface area contributed by atoms with Gasteiger partial charge in [-0.3, -0.25) is 10.2 Å². The highest BCUT2D eigenvalue weighted by Crippen LogP contribution is 2.24. The number of hydrogen-bond acceptors (Lipinski definition) is 5. The van der Waals surface area contributed by atoms with E-state index in [4.69, 9.17) is 11.6 Å². The highest BCUT2D eigenvalue weighted by molar-refractivity contribution is 7.89. The van der Waals surface area contributed by atoms with Gasteiger partial charge in [-0.25, -0.2) is 17.8 Å². The molecule has 0 aliphatic rings. The number of thiazole rings is 1. The van der Waals surface area contributed by atoms with Crippen molar-refractivity contribution in [2.24, 2.45) is 0 Å². The maximum Gasteiger partial charge on any atom is 0.285 e. The predicted octanol–water partition coefficient (Wildman–Crippen LogP) is 3.79. The van der Waals surface area contributed by atoms with Crippen molar-refractivity contribution in [2.45, 2.75) is 18.2 Å². The first-order valence-corrected chi connectivity index (χ1v) is 10.9. The van der Waals surface area contributed by atoms with Gasteiger partial charge in [0.1, 0.15) is 21.4 Å². The van der Waals surface area contributed by atoms with Crippen LogP contribution in [0.3, 0.4) is 0 Å². The Hall–Kier alpha value is -2.33. The zero-order valence-corrected chi connectivity index (χ0v) is 17.0. The lowest BCUT2D eigenvalue weighted by molar-refractivity contribution is 0.0941. The number of carbonyl (C=O) groups is 1. The van der Waals surface area contributed by atoms with Gasteiger partial charge < -0.3 is 0 Å². The van der Waals surface area contributed by atoms with Crippen LogP contribution in [-0.4, -0.2) is 19.3 Å². The average molecular weight is 440 g/mol. The molecule has 3 rings (SSSR count). The third-order valence-electron chi connectivity index (χ3n) is 3.83. The Morgan fingerprint density at radius 2 is 1.93 bits per heavy atom. The molecule has 1 aromatic heterocycles. The van der Waals surface area contributed by atoms with E-state index in [1.54, 1.807) is 0 Å². The van der Waals surface area contributed by atoms with Crippen molar-refractivity contribution in [3.63, 3.8) is 0 Å². The molecule has 10 heteroatoms. The van der Waals surface area contributed by atoms with Crippen molar-refractivity contribution in [3.8, 4) is 10.6 Å². The summed E-state index contributed by atoms with van der Waals surface area (Å²) < 4.78 is 38.1. The van der Waals surface area contributed by atoms with Gasteiger partial charge in [-0.15, -0.1) is 16.2 Å². The van der Waals surface area contributed by atoms with Gasteiger partial charge in [0.2, 0.25) is 0 Å². The largest absolute Gasteiger partial charge is 0.285 e. The van der Waals surface area contributed by atoms with Crippen LogP contribution in [0, 0.1) is 5.82 Å². The second-order valence-corrected chi connectivity index (χ2v) is 8.67. The predicted molar refractivity (Wildman–Crippen MR) is 106 cm³/mol. The van der Waals surface area contributed by atoms with Crippen LogP contribution in [0.15, 0.2) is 52.7 Å². The lowest BCUT2D eigenvalue weighted by atomic mass is 10.1. The standard InChI is InChI=1S/C18H15ClFN3O3S2/c1-2-11-3-5-12(6-4-11)18-21-15(10-27-18)17(24)22-23-28(25,26)16-8-7-13(19)9-14(16)20/h3-10,23H,2H2,1H3,(H,22,24). The van der Waals surface area contributed by atoms with Crippen LogP contribution in [0.2, 0.25) is 5.02 Å². The van der Waals surface area contributed by atoms with E-state index in [9.17, 15) is 17.6 Å². The number of amides is 1. The summed E-state index contributed by atoms with van der Waals surface area (Å²) in [5, 5.41) is 2.19. The maximum atomic E-state index is 13.8. The van der Waals surface area contributed by atoms with Crippen molar-refractivity contribution in [2.75, 3.05) is 0 Å². The molecule has 1 heterocycles. The van der Waals surface area contributed by atoms with Crippen molar-refractivity contribution < 1.29 is 17.6 Å². The Labute approximate surface area is 170 Å². The number of aromatic nitrogens is 1. The Morgan fingerprint density at radius 3 is 2.57 bits per heavy atom. The molecule has 0 unspecified atom stereocenters. The second kappa shape index (κ2) is 8.36. The highest BCUT2D eigenvalue weighted by Gasteiger charge is 2.21. The third-order valence-corrected chi connectivity index (χ3v) is 6.24. The van der Waals surface area contributed by atoms with Crippen LogP contribution in [-0.2, 0) is 16.4 Å². The Morgan fingerprint density at radius 1 is 1.21 bits per heavy atom. The number of sulfonamides is 1. The van der Waals surface area contributed by atoms with Gasteiger partial charge in [0.15, 0.2) is 0 Å². The Balaban J connectivity index is 1.70. The summed E-state index contributed by atoms with van der Waals surface area (Å²) in [5.74, 6) is -1.79. The summed E-state index contributed by atoms with van der Waals surface area (Å²) in [5.41, 5.74) is 4.11. The molecule has 0 bridgehead atoms. The summed E-state index contributed by atoms with van der Waals surface area (Å²) in [7, 11) is -4.30. The van der Waals surface area contributed by atoms with Crippen LogP contribution < -0.4 is 10.3 Å². The molecular formula is C18H15ClFN3O3S2. The van der Waals surface area contributed by atoms with E-state index in [2.05, 4.69) is 11.9 Å². The van der Waals surface area contributed by atoms with Gasteiger partial charge in [-0.05, 0) is 30.2 Å². The molecule has 0 saturated carbocycles. The van der Waals surface area contributed by atoms with E-state index in [1.165, 1.54) is 28.3 Å². The van der Waals surface area contributed by atoms with Crippen LogP contribution in [0.25, 0.3) is 10.6 Å². The number of hydrogen-bond donors (Lipinski definition) is 2. The molecular weight excluding hydrogens is 425 g/mol. The van der Waals surface area contributed by atoms with Gasteiger partial charge >= 0.3 is 0 Å². The minimum atomic E-state index is -4.30. The number of nitrogens with one attached hydrogen (secondary N) is 2. The maximum absolute atomic E-state index is 13.8. The fraction of sp³-hybridized carbons (Fsp3) is 0.111. The zero-order valence-electron chi connectivity index (χ0n) is 14.6. The second-order valence-electron chi connectivity index (χ2n) is 5.72. The van der Waals surface area contributed by atoms with Crippen molar-refractivity contribution in [1.82, 2.24) is 15.2 Å². The van der Waals surface area contributed by atoms with E-state index >= 15 is 0 Å². The van der Waals surface area contributed by atoms with Crippen LogP contribution in [0.1, 0.15) is 23.0 Å². The van der Waals surface area contributed by atoms with E-state index in [1.807, 2.05) is 34.5 Å². The first-order valence-electron chi connectivity index (χ1n) is 8.12. The van der Waals surface area contributed by atoms with Gasteiger partial charge in [-0.1, -0.05) is 42.8 Å². The van der Waals surface area contributed by atoms with E-state index < -0.39 is 26.6 Å². The molecule has 0 fully saturated rings. The zero-order chi connectivity index (χ0) is 20.3. The van der Waals surface area contributed by atoms with Gasteiger partial charge in [0.25, 0.3) is 15.9 Å². The monoisotopic (exact) mass is 439 g/mol. The summed E-state index contributed by atoms with van der Waals surface area (Å²) in [4.78, 5) is 17.6. The highest BCUT2D eigenvalue weighted by atomic mass is 35.5. The van der Waals surface area contributed by atoms with E-state index in [0.717, 1.165) is 24.1 Å². The number of benzene rings is 2. The first-order chi connectivity index (χ1) is 13.3. The lowest BCUT2D eigenvalue weighted by Crippen LogP contribution is -2.41. The van der Waals surface area contributed by atoms with Gasteiger partial charge in [0, 0.05) is 16.0 Å². The number of carbonyl (C=O) groups excluding carboxylic acids is 1. The number of halogens is 2. The molecule has 0 radical (unpaired) electrons. The molecule has 2 aromatic carbocycles. The lowest BCUT2D eigenvalue weighted by Gasteiger charge is -2.08. The van der Waals surface area contributed by atoms with Gasteiger partial charge in [0.05, 0.1) is 0 Å². The number of nitrogens with zero attached hydrogens (tertiary/aromatic N) is 1. The van der Waals surface area contributed by atoms with Crippen LogP contribution >= 0.6 is 22.9 Å². The van der Waals surface area contributed by atoms with Crippen LogP contribution in [0.5, 0.6) is 0 Å². The average Bonchev–Trinajstić information content (AvgIpc) is 3.16. The fourth-order valence-corrected chi connectivity index (χ4v) is 4.18. The molecule has 2 N–H and O–H groups in total. The molecule has 28 heavy (non-hydrogen) atoms. The smallest absolute Gasteiger partial charge is 0.272 e. The third kappa shape index (κ3) is 4.56. The topological polar surface area (TPSA) is 88.2 Å². The number of aryl methyl sites for hydroxylation is 1. The molecule has 0 aliphatic heterocycles. The molecule has 146 valence electrons. The summed E-state index contributed by atoms with van der Waals surface area (Å²) >= 11 is 6.87. The summed E-state index contributed by atoms with van der Waals surface area (Å²) in [6.45, 7) is 2.05. The van der Waals surface area contributed by atoms with Gasteiger partial charge in [-0.2, -0.15) is 0 Å². The van der Waals surface area contributed by atoms with Crippen molar-refractivity contribution in [3.05, 3.63) is 69.9 Å². The van der Waals surface area contributed by atoms with Crippen molar-refractivity contribution in [1.29, 1.82) is 0 Å². The minimum Gasteiger partial charge on any atom is -0.272 e. The van der Waals surface area contributed by atoms with E-state index in [0.29, 0.717) is 5.01 Å². The molecule has 0 spiro atoms. The summed E-state index contributed by atoms with van der Waals surface area (Å²) in [6.07, 6.45) is 0.917. The molecule has 3 aromatic rings. The summed E-state index contributed by atoms with van der Waals surface area (Å²) in [6, 6.07) is 10.9. The number of rotatable bonds is 6. The molecule has 0 aliphatic carbocycles. The fourth-order valence-electron chi connectivity index (χ4n) is 2.32. The van der Waals surface area contributed by atoms with Crippen molar-refractivity contribution >= 4 is 38.9 Å². The number of hydrazine groups is 1. The SMILES string of the molecule is CCc1ccc(-c2nc(C(=O)NNS(=O)(=O)c3ccc(Cl)cc3F)cs2)cc1. The van der Waals surface area contributed by atoms with E-state index in [-0.39, 0.29) is 10.7 Å².